The fourth-order valence-corrected chi connectivity index (χ4v) is 2.68. The maximum atomic E-state index is 12.5. The minimum Gasteiger partial charge on any atom is -0.454 e. The highest BCUT2D eigenvalue weighted by Crippen LogP contribution is 2.23. The van der Waals surface area contributed by atoms with Gasteiger partial charge in [0.2, 0.25) is 11.9 Å². The Kier molecular flexibility index (Phi) is 4.51. The average Bonchev–Trinajstić information content (AvgIpc) is 2.90. The first-order valence-electron chi connectivity index (χ1n) is 7.95. The summed E-state index contributed by atoms with van der Waals surface area (Å²) < 4.78 is 7.40. The molecular weight excluding hydrogens is 320 g/mol. The molecule has 0 aliphatic rings. The van der Waals surface area contributed by atoms with Crippen LogP contribution in [0.25, 0.3) is 10.9 Å². The molecule has 0 bridgehead atoms. The Labute approximate surface area is 144 Å². The molecule has 0 radical (unpaired) electrons. The summed E-state index contributed by atoms with van der Waals surface area (Å²) in [5, 5.41) is 0.850. The van der Waals surface area contributed by atoms with Crippen LogP contribution in [0.2, 0.25) is 0 Å². The average molecular weight is 340 g/mol. The van der Waals surface area contributed by atoms with E-state index in [1.165, 1.54) is 0 Å². The van der Waals surface area contributed by atoms with Gasteiger partial charge in [-0.1, -0.05) is 32.0 Å². The Morgan fingerprint density at radius 3 is 2.52 bits per heavy atom. The van der Waals surface area contributed by atoms with Crippen LogP contribution in [0.4, 0.5) is 11.9 Å². The number of hydrogen-bond donors (Lipinski definition) is 2. The Bertz CT molecular complexity index is 898. The van der Waals surface area contributed by atoms with Crippen molar-refractivity contribution in [1.29, 1.82) is 0 Å². The van der Waals surface area contributed by atoms with Crippen molar-refractivity contribution in [3.63, 3.8) is 0 Å². The number of ether oxygens (including phenoxy) is 1. The molecule has 3 rings (SSSR count). The molecule has 3 aromatic rings. The molecule has 0 saturated carbocycles. The zero-order chi connectivity index (χ0) is 18.0. The second kappa shape index (κ2) is 6.76. The van der Waals surface area contributed by atoms with Gasteiger partial charge in [-0.25, -0.2) is 4.79 Å². The molecule has 0 amide bonds. The lowest BCUT2D eigenvalue weighted by molar-refractivity contribution is 0.0464. The number of para-hydroxylation sites is 1. The third-order valence-electron chi connectivity index (χ3n) is 3.62. The van der Waals surface area contributed by atoms with Crippen LogP contribution in [0.3, 0.4) is 0 Å². The van der Waals surface area contributed by atoms with E-state index in [9.17, 15) is 4.79 Å². The van der Waals surface area contributed by atoms with Crippen LogP contribution in [0.15, 0.2) is 30.5 Å². The van der Waals surface area contributed by atoms with Crippen molar-refractivity contribution >= 4 is 28.8 Å². The number of hydrogen-bond acceptors (Lipinski definition) is 7. The van der Waals surface area contributed by atoms with Gasteiger partial charge >= 0.3 is 5.97 Å². The largest absolute Gasteiger partial charge is 0.454 e. The molecular formula is C17H20N6O2. The van der Waals surface area contributed by atoms with Crippen LogP contribution < -0.4 is 11.5 Å². The number of aromatic nitrogens is 4. The second-order valence-electron chi connectivity index (χ2n) is 6.15. The summed E-state index contributed by atoms with van der Waals surface area (Å²) in [5.41, 5.74) is 12.5. The molecule has 25 heavy (non-hydrogen) atoms. The molecule has 0 atom stereocenters. The number of nitrogen functional groups attached to an aromatic ring is 2. The van der Waals surface area contributed by atoms with E-state index in [1.54, 1.807) is 0 Å². The van der Waals surface area contributed by atoms with Gasteiger partial charge in [0.15, 0.2) is 12.4 Å². The van der Waals surface area contributed by atoms with Crippen LogP contribution in [-0.2, 0) is 17.9 Å². The summed E-state index contributed by atoms with van der Waals surface area (Å²) in [6, 6.07) is 7.74. The number of rotatable bonds is 5. The third-order valence-corrected chi connectivity index (χ3v) is 3.62. The minimum absolute atomic E-state index is 0.00733. The number of esters is 1. The van der Waals surface area contributed by atoms with Crippen LogP contribution in [0.1, 0.15) is 30.0 Å². The molecule has 0 fully saturated rings. The fourth-order valence-electron chi connectivity index (χ4n) is 2.68. The lowest BCUT2D eigenvalue weighted by atomic mass is 10.2. The van der Waals surface area contributed by atoms with Crippen molar-refractivity contribution in [1.82, 2.24) is 19.5 Å². The molecule has 0 aliphatic carbocycles. The normalized spacial score (nSPS) is 11.2. The van der Waals surface area contributed by atoms with Gasteiger partial charge in [0.05, 0.1) is 5.56 Å². The van der Waals surface area contributed by atoms with Crippen LogP contribution in [0, 0.1) is 5.92 Å². The zero-order valence-corrected chi connectivity index (χ0v) is 14.1. The maximum Gasteiger partial charge on any atom is 0.340 e. The van der Waals surface area contributed by atoms with E-state index in [1.807, 2.05) is 30.5 Å². The van der Waals surface area contributed by atoms with E-state index in [0.717, 1.165) is 17.4 Å². The maximum absolute atomic E-state index is 12.5. The molecule has 0 unspecified atom stereocenters. The summed E-state index contributed by atoms with van der Waals surface area (Å²) in [4.78, 5) is 24.0. The SMILES string of the molecule is CC(C)Cn1cc(C(=O)OCc2nc(N)nc(N)n2)c2ccccc21. The fraction of sp³-hybridized carbons (Fsp3) is 0.294. The van der Waals surface area contributed by atoms with Crippen molar-refractivity contribution in [2.24, 2.45) is 5.92 Å². The Balaban J connectivity index is 1.84. The third kappa shape index (κ3) is 3.68. The first kappa shape index (κ1) is 16.7. The number of anilines is 2. The van der Waals surface area contributed by atoms with Gasteiger partial charge in [-0.3, -0.25) is 0 Å². The first-order chi connectivity index (χ1) is 11.9. The Morgan fingerprint density at radius 2 is 1.84 bits per heavy atom. The zero-order valence-electron chi connectivity index (χ0n) is 14.1. The first-order valence-corrected chi connectivity index (χ1v) is 7.95. The second-order valence-corrected chi connectivity index (χ2v) is 6.15. The molecule has 0 aliphatic heterocycles. The lowest BCUT2D eigenvalue weighted by Crippen LogP contribution is -2.11. The van der Waals surface area contributed by atoms with Crippen LogP contribution in [0.5, 0.6) is 0 Å². The Hall–Kier alpha value is -3.16. The number of carbonyl (C=O) groups excluding carboxylic acids is 1. The van der Waals surface area contributed by atoms with Gasteiger partial charge in [-0.15, -0.1) is 0 Å². The van der Waals surface area contributed by atoms with Gasteiger partial charge < -0.3 is 20.8 Å². The van der Waals surface area contributed by atoms with E-state index in [-0.39, 0.29) is 24.3 Å². The predicted molar refractivity (Wildman–Crippen MR) is 94.5 cm³/mol. The molecule has 0 saturated heterocycles. The molecule has 2 heterocycles. The summed E-state index contributed by atoms with van der Waals surface area (Å²) in [7, 11) is 0. The molecule has 8 heteroatoms. The highest BCUT2D eigenvalue weighted by molar-refractivity contribution is 6.04. The number of nitrogens with zero attached hydrogens (tertiary/aromatic N) is 4. The summed E-state index contributed by atoms with van der Waals surface area (Å²) in [6.45, 7) is 4.94. The number of benzene rings is 1. The van der Waals surface area contributed by atoms with Crippen molar-refractivity contribution in [2.75, 3.05) is 11.5 Å². The van der Waals surface area contributed by atoms with E-state index in [2.05, 4.69) is 33.4 Å². The van der Waals surface area contributed by atoms with Gasteiger partial charge in [-0.2, -0.15) is 15.0 Å². The van der Waals surface area contributed by atoms with E-state index in [0.29, 0.717) is 11.5 Å². The lowest BCUT2D eigenvalue weighted by Gasteiger charge is -2.07. The monoisotopic (exact) mass is 340 g/mol. The van der Waals surface area contributed by atoms with Gasteiger partial charge in [0.25, 0.3) is 0 Å². The van der Waals surface area contributed by atoms with Crippen molar-refractivity contribution in [2.45, 2.75) is 27.0 Å². The van der Waals surface area contributed by atoms with Crippen molar-refractivity contribution in [3.8, 4) is 0 Å². The van der Waals surface area contributed by atoms with E-state index in [4.69, 9.17) is 16.2 Å². The molecule has 0 spiro atoms. The smallest absolute Gasteiger partial charge is 0.340 e. The van der Waals surface area contributed by atoms with E-state index < -0.39 is 5.97 Å². The van der Waals surface area contributed by atoms with E-state index >= 15 is 0 Å². The highest BCUT2D eigenvalue weighted by atomic mass is 16.5. The van der Waals surface area contributed by atoms with Crippen LogP contribution in [-0.4, -0.2) is 25.5 Å². The van der Waals surface area contributed by atoms with Gasteiger partial charge in [0, 0.05) is 23.6 Å². The minimum atomic E-state index is -0.448. The number of carbonyl (C=O) groups is 1. The molecule has 4 N–H and O–H groups in total. The molecule has 2 aromatic heterocycles. The standard InChI is InChI=1S/C17H20N6O2/c1-10(2)7-23-8-12(11-5-3-4-6-13(11)23)15(24)25-9-14-20-16(18)22-17(19)21-14/h3-6,8,10H,7,9H2,1-2H3,(H4,18,19,20,21,22). The quantitative estimate of drug-likeness (QED) is 0.681. The van der Waals surface area contributed by atoms with Crippen LogP contribution >= 0.6 is 0 Å². The highest BCUT2D eigenvalue weighted by Gasteiger charge is 2.17. The Morgan fingerprint density at radius 1 is 1.16 bits per heavy atom. The molecule has 8 nitrogen and oxygen atoms in total. The van der Waals surface area contributed by atoms with Gasteiger partial charge in [-0.05, 0) is 12.0 Å². The topological polar surface area (TPSA) is 122 Å². The predicted octanol–water partition coefficient (Wildman–Crippen LogP) is 2.00. The van der Waals surface area contributed by atoms with Crippen molar-refractivity contribution < 1.29 is 9.53 Å². The molecule has 130 valence electrons. The summed E-state index contributed by atoms with van der Waals surface area (Å²) >= 11 is 0. The molecule has 1 aromatic carbocycles. The summed E-state index contributed by atoms with van der Waals surface area (Å²) in [6.07, 6.45) is 1.82. The summed E-state index contributed by atoms with van der Waals surface area (Å²) in [5.74, 6) is 0.204. The number of nitrogens with two attached hydrogens (primary N) is 2. The number of fused-ring (bicyclic) bond motifs is 1. The van der Waals surface area contributed by atoms with Crippen molar-refractivity contribution in [3.05, 3.63) is 41.9 Å². The van der Waals surface area contributed by atoms with Gasteiger partial charge in [0.1, 0.15) is 0 Å².